The minimum Gasteiger partial charge on any atom is -0.350 e. The van der Waals surface area contributed by atoms with E-state index in [0.29, 0.717) is 11.4 Å². The van der Waals surface area contributed by atoms with E-state index in [4.69, 9.17) is 11.6 Å². The minimum atomic E-state index is -0.661. The number of aryl methyl sites for hydroxylation is 1. The van der Waals surface area contributed by atoms with E-state index < -0.39 is 10.8 Å². The molecule has 0 unspecified atom stereocenters. The van der Waals surface area contributed by atoms with Gasteiger partial charge in [0, 0.05) is 23.7 Å². The molecule has 4 rings (SSSR count). The van der Waals surface area contributed by atoms with Crippen molar-refractivity contribution in [2.24, 2.45) is 0 Å². The van der Waals surface area contributed by atoms with E-state index in [1.165, 1.54) is 24.3 Å². The number of halogens is 2. The predicted molar refractivity (Wildman–Crippen MR) is 122 cm³/mol. The molecular weight excluding hydrogens is 449 g/mol. The summed E-state index contributed by atoms with van der Waals surface area (Å²) in [5.41, 5.74) is 2.15. The number of hydrogen-bond donors (Lipinski definition) is 1. The topological polar surface area (TPSA) is 103 Å². The van der Waals surface area contributed by atoms with Gasteiger partial charge in [0.2, 0.25) is 5.95 Å². The standard InChI is InChI=1S/C23H17ClFN5O3/c1-14-2-6-16(7-3-14)21-27-23(26-13-15-4-9-18(25)10-5-15)29(28-21)22(31)17-8-11-19(24)20(12-17)30(32)33/h2-12H,13H2,1H3,(H,26,27,28). The molecule has 0 atom stereocenters. The number of hydrogen-bond acceptors (Lipinski definition) is 6. The summed E-state index contributed by atoms with van der Waals surface area (Å²) >= 11 is 5.87. The quantitative estimate of drug-likeness (QED) is 0.308. The number of rotatable bonds is 6. The van der Waals surface area contributed by atoms with Crippen molar-refractivity contribution in [1.29, 1.82) is 0 Å². The number of aromatic nitrogens is 3. The summed E-state index contributed by atoms with van der Waals surface area (Å²) in [5.74, 6) is -0.545. The van der Waals surface area contributed by atoms with Crippen LogP contribution in [0.1, 0.15) is 21.5 Å². The molecule has 0 bridgehead atoms. The van der Waals surface area contributed by atoms with Gasteiger partial charge in [-0.05, 0) is 36.8 Å². The zero-order chi connectivity index (χ0) is 23.5. The minimum absolute atomic E-state index is 0.0243. The fourth-order valence-corrected chi connectivity index (χ4v) is 3.27. The van der Waals surface area contributed by atoms with Crippen LogP contribution in [-0.2, 0) is 6.54 Å². The SMILES string of the molecule is Cc1ccc(-c2nc(NCc3ccc(F)cc3)n(C(=O)c3ccc(Cl)c([N+](=O)[O-])c3)n2)cc1. The Kier molecular flexibility index (Phi) is 6.14. The zero-order valence-electron chi connectivity index (χ0n) is 17.3. The lowest BCUT2D eigenvalue weighted by molar-refractivity contribution is -0.384. The van der Waals surface area contributed by atoms with Crippen LogP contribution in [0.3, 0.4) is 0 Å². The molecule has 0 fully saturated rings. The average Bonchev–Trinajstić information content (AvgIpc) is 3.23. The van der Waals surface area contributed by atoms with Gasteiger partial charge in [-0.1, -0.05) is 53.6 Å². The third kappa shape index (κ3) is 4.88. The number of nitro benzene ring substituents is 1. The molecule has 8 nitrogen and oxygen atoms in total. The summed E-state index contributed by atoms with van der Waals surface area (Å²) in [6.45, 7) is 2.20. The zero-order valence-corrected chi connectivity index (χ0v) is 18.1. The van der Waals surface area contributed by atoms with Gasteiger partial charge in [0.25, 0.3) is 11.6 Å². The lowest BCUT2D eigenvalue weighted by atomic mass is 10.1. The molecule has 10 heteroatoms. The maximum absolute atomic E-state index is 13.2. The molecule has 0 aliphatic rings. The summed E-state index contributed by atoms with van der Waals surface area (Å²) in [6.07, 6.45) is 0. The maximum atomic E-state index is 13.2. The third-order valence-electron chi connectivity index (χ3n) is 4.86. The van der Waals surface area contributed by atoms with Crippen LogP contribution in [0.5, 0.6) is 0 Å². The predicted octanol–water partition coefficient (Wildman–Crippen LogP) is 5.25. The third-order valence-corrected chi connectivity index (χ3v) is 5.18. The highest BCUT2D eigenvalue weighted by molar-refractivity contribution is 6.32. The van der Waals surface area contributed by atoms with Gasteiger partial charge < -0.3 is 5.32 Å². The molecule has 0 amide bonds. The summed E-state index contributed by atoms with van der Waals surface area (Å²) in [7, 11) is 0. The van der Waals surface area contributed by atoms with Crippen molar-refractivity contribution in [3.63, 3.8) is 0 Å². The molecule has 0 aliphatic heterocycles. The number of nitro groups is 1. The molecule has 1 N–H and O–H groups in total. The summed E-state index contributed by atoms with van der Waals surface area (Å²) in [5, 5.41) is 18.5. The van der Waals surface area contributed by atoms with Gasteiger partial charge in [-0.25, -0.2) is 4.39 Å². The van der Waals surface area contributed by atoms with Gasteiger partial charge in [0.1, 0.15) is 10.8 Å². The highest BCUT2D eigenvalue weighted by Crippen LogP contribution is 2.26. The first-order chi connectivity index (χ1) is 15.8. The van der Waals surface area contributed by atoms with Crippen LogP contribution < -0.4 is 5.32 Å². The number of nitrogens with one attached hydrogen (secondary N) is 1. The molecule has 166 valence electrons. The molecule has 1 heterocycles. The average molecular weight is 466 g/mol. The van der Waals surface area contributed by atoms with E-state index in [1.54, 1.807) is 12.1 Å². The first-order valence-corrected chi connectivity index (χ1v) is 10.2. The van der Waals surface area contributed by atoms with Crippen molar-refractivity contribution in [1.82, 2.24) is 14.8 Å². The summed E-state index contributed by atoms with van der Waals surface area (Å²) in [4.78, 5) is 28.2. The monoisotopic (exact) mass is 465 g/mol. The highest BCUT2D eigenvalue weighted by Gasteiger charge is 2.22. The second kappa shape index (κ2) is 9.17. The van der Waals surface area contributed by atoms with E-state index in [-0.39, 0.29) is 34.6 Å². The van der Waals surface area contributed by atoms with Gasteiger partial charge in [0.05, 0.1) is 4.92 Å². The highest BCUT2D eigenvalue weighted by atomic mass is 35.5. The summed E-state index contributed by atoms with van der Waals surface area (Å²) < 4.78 is 14.2. The van der Waals surface area contributed by atoms with Crippen LogP contribution >= 0.6 is 11.6 Å². The van der Waals surface area contributed by atoms with E-state index in [9.17, 15) is 19.3 Å². The number of carbonyl (C=O) groups excluding carboxylic acids is 1. The van der Waals surface area contributed by atoms with E-state index in [0.717, 1.165) is 21.9 Å². The molecule has 0 saturated carbocycles. The Morgan fingerprint density at radius 2 is 1.82 bits per heavy atom. The lowest BCUT2D eigenvalue weighted by Gasteiger charge is -2.08. The number of nitrogens with zero attached hydrogens (tertiary/aromatic N) is 4. The van der Waals surface area contributed by atoms with Crippen molar-refractivity contribution in [3.8, 4) is 11.4 Å². The summed E-state index contributed by atoms with van der Waals surface area (Å²) in [6, 6.07) is 17.1. The van der Waals surface area contributed by atoms with Gasteiger partial charge in [-0.3, -0.25) is 14.9 Å². The first kappa shape index (κ1) is 22.1. The number of anilines is 1. The molecule has 0 aliphatic carbocycles. The van der Waals surface area contributed by atoms with Crippen molar-refractivity contribution >= 4 is 29.1 Å². The second-order valence-corrected chi connectivity index (χ2v) is 7.65. The normalized spacial score (nSPS) is 10.8. The van der Waals surface area contributed by atoms with Gasteiger partial charge >= 0.3 is 0 Å². The Bertz CT molecular complexity index is 1340. The Balaban J connectivity index is 1.72. The van der Waals surface area contributed by atoms with Gasteiger partial charge in [0.15, 0.2) is 5.82 Å². The number of carbonyl (C=O) groups is 1. The van der Waals surface area contributed by atoms with Gasteiger partial charge in [-0.15, -0.1) is 5.10 Å². The van der Waals surface area contributed by atoms with E-state index >= 15 is 0 Å². The van der Waals surface area contributed by atoms with E-state index in [2.05, 4.69) is 15.4 Å². The molecule has 1 aromatic heterocycles. The molecule has 0 saturated heterocycles. The molecule has 4 aromatic rings. The first-order valence-electron chi connectivity index (χ1n) is 9.83. The van der Waals surface area contributed by atoms with Crippen LogP contribution in [0, 0.1) is 22.9 Å². The van der Waals surface area contributed by atoms with Crippen LogP contribution in [0.15, 0.2) is 66.7 Å². The second-order valence-electron chi connectivity index (χ2n) is 7.25. The Morgan fingerprint density at radius 1 is 1.12 bits per heavy atom. The Morgan fingerprint density at radius 3 is 2.48 bits per heavy atom. The number of benzene rings is 3. The van der Waals surface area contributed by atoms with Crippen molar-refractivity contribution in [2.45, 2.75) is 13.5 Å². The largest absolute Gasteiger partial charge is 0.350 e. The Labute approximate surface area is 192 Å². The molecular formula is C23H17ClFN5O3. The Hall–Kier alpha value is -4.11. The molecule has 33 heavy (non-hydrogen) atoms. The lowest BCUT2D eigenvalue weighted by Crippen LogP contribution is -2.17. The molecule has 3 aromatic carbocycles. The fourth-order valence-electron chi connectivity index (χ4n) is 3.08. The van der Waals surface area contributed by atoms with Crippen LogP contribution in [-0.4, -0.2) is 25.6 Å². The van der Waals surface area contributed by atoms with Crippen molar-refractivity contribution in [3.05, 3.63) is 104 Å². The van der Waals surface area contributed by atoms with Crippen molar-refractivity contribution < 1.29 is 14.1 Å². The maximum Gasteiger partial charge on any atom is 0.288 e. The van der Waals surface area contributed by atoms with E-state index in [1.807, 2.05) is 31.2 Å². The fraction of sp³-hybridized carbons (Fsp3) is 0.0870. The van der Waals surface area contributed by atoms with Crippen LogP contribution in [0.25, 0.3) is 11.4 Å². The van der Waals surface area contributed by atoms with Gasteiger partial charge in [-0.2, -0.15) is 9.67 Å². The molecule has 0 radical (unpaired) electrons. The van der Waals surface area contributed by atoms with Crippen LogP contribution in [0.2, 0.25) is 5.02 Å². The van der Waals surface area contributed by atoms with Crippen LogP contribution in [0.4, 0.5) is 16.0 Å². The molecule has 0 spiro atoms. The smallest absolute Gasteiger partial charge is 0.288 e. The van der Waals surface area contributed by atoms with Crippen molar-refractivity contribution in [2.75, 3.05) is 5.32 Å².